The van der Waals surface area contributed by atoms with Gasteiger partial charge < -0.3 is 4.98 Å². The zero-order valence-electron chi connectivity index (χ0n) is 14.4. The fourth-order valence-electron chi connectivity index (χ4n) is 4.11. The van der Waals surface area contributed by atoms with E-state index in [0.717, 1.165) is 60.5 Å². The number of H-pyrrole nitrogens is 1. The molecule has 2 heterocycles. The number of hydrogen-bond acceptors (Lipinski definition) is 3. The Morgan fingerprint density at radius 2 is 2.08 bits per heavy atom. The van der Waals surface area contributed by atoms with Crippen LogP contribution in [0.1, 0.15) is 60.7 Å². The molecule has 0 amide bonds. The van der Waals surface area contributed by atoms with E-state index in [0.29, 0.717) is 5.92 Å². The van der Waals surface area contributed by atoms with E-state index >= 15 is 0 Å². The van der Waals surface area contributed by atoms with Crippen molar-refractivity contribution in [2.75, 3.05) is 6.54 Å². The van der Waals surface area contributed by atoms with Gasteiger partial charge in [0.1, 0.15) is 5.82 Å². The van der Waals surface area contributed by atoms with Crippen LogP contribution in [-0.4, -0.2) is 21.4 Å². The fourth-order valence-corrected chi connectivity index (χ4v) is 4.56. The molecule has 2 aliphatic rings. The molecular weight excluding hydrogens is 378 g/mol. The maximum atomic E-state index is 12.5. The molecular formula is C20H24BrN3O. The van der Waals surface area contributed by atoms with Gasteiger partial charge in [0.15, 0.2) is 0 Å². The van der Waals surface area contributed by atoms with Crippen LogP contribution in [0.5, 0.6) is 0 Å². The van der Waals surface area contributed by atoms with E-state index in [1.165, 1.54) is 24.8 Å². The lowest BCUT2D eigenvalue weighted by atomic mass is 9.88. The Balaban J connectivity index is 1.54. The monoisotopic (exact) mass is 401 g/mol. The van der Waals surface area contributed by atoms with Crippen LogP contribution < -0.4 is 5.56 Å². The summed E-state index contributed by atoms with van der Waals surface area (Å²) in [6, 6.07) is 8.43. The molecule has 0 saturated heterocycles. The van der Waals surface area contributed by atoms with Crippen molar-refractivity contribution in [1.82, 2.24) is 14.9 Å². The molecule has 4 nitrogen and oxygen atoms in total. The summed E-state index contributed by atoms with van der Waals surface area (Å²) < 4.78 is 1.11. The Kier molecular flexibility index (Phi) is 5.04. The molecule has 0 unspecified atom stereocenters. The highest BCUT2D eigenvalue weighted by Crippen LogP contribution is 2.31. The third kappa shape index (κ3) is 3.87. The van der Waals surface area contributed by atoms with Gasteiger partial charge >= 0.3 is 0 Å². The molecule has 0 radical (unpaired) electrons. The molecule has 132 valence electrons. The SMILES string of the molecule is O=c1[nH]c(C2CCCCC2)nc2c1CCN(Cc1cccc(Br)c1)C2. The van der Waals surface area contributed by atoms with Crippen LogP contribution in [0.25, 0.3) is 0 Å². The zero-order chi connectivity index (χ0) is 17.2. The van der Waals surface area contributed by atoms with Crippen molar-refractivity contribution in [3.05, 3.63) is 61.7 Å². The summed E-state index contributed by atoms with van der Waals surface area (Å²) in [6.45, 7) is 2.57. The lowest BCUT2D eigenvalue weighted by Crippen LogP contribution is -2.35. The van der Waals surface area contributed by atoms with Gasteiger partial charge in [0.05, 0.1) is 5.69 Å². The molecule has 0 spiro atoms. The van der Waals surface area contributed by atoms with E-state index in [9.17, 15) is 4.79 Å². The van der Waals surface area contributed by atoms with Gasteiger partial charge in [-0.3, -0.25) is 9.69 Å². The van der Waals surface area contributed by atoms with E-state index in [1.807, 2.05) is 6.07 Å². The quantitative estimate of drug-likeness (QED) is 0.840. The molecule has 1 aromatic heterocycles. The standard InChI is InChI=1S/C20H24BrN3O/c21-16-8-4-5-14(11-16)12-24-10-9-17-18(13-24)22-19(23-20(17)25)15-6-2-1-3-7-15/h4-5,8,11,15H,1-3,6-7,9-10,12-13H2,(H,22,23,25). The molecule has 1 aromatic carbocycles. The number of aromatic nitrogens is 2. The Bertz CT molecular complexity index is 811. The van der Waals surface area contributed by atoms with Crippen LogP contribution in [0, 0.1) is 0 Å². The van der Waals surface area contributed by atoms with Gasteiger partial charge in [-0.15, -0.1) is 0 Å². The van der Waals surface area contributed by atoms with Crippen molar-refractivity contribution < 1.29 is 0 Å². The largest absolute Gasteiger partial charge is 0.310 e. The van der Waals surface area contributed by atoms with E-state index in [-0.39, 0.29) is 5.56 Å². The molecule has 1 saturated carbocycles. The summed E-state index contributed by atoms with van der Waals surface area (Å²) in [4.78, 5) is 22.9. The maximum absolute atomic E-state index is 12.5. The highest BCUT2D eigenvalue weighted by atomic mass is 79.9. The second-order valence-electron chi connectivity index (χ2n) is 7.30. The second-order valence-corrected chi connectivity index (χ2v) is 8.22. The lowest BCUT2D eigenvalue weighted by molar-refractivity contribution is 0.239. The Morgan fingerprint density at radius 1 is 1.24 bits per heavy atom. The van der Waals surface area contributed by atoms with Crippen LogP contribution >= 0.6 is 15.9 Å². The summed E-state index contributed by atoms with van der Waals surface area (Å²) in [5.41, 5.74) is 3.26. The lowest BCUT2D eigenvalue weighted by Gasteiger charge is -2.29. The van der Waals surface area contributed by atoms with E-state index in [1.54, 1.807) is 0 Å². The van der Waals surface area contributed by atoms with Gasteiger partial charge in [-0.2, -0.15) is 0 Å². The summed E-state index contributed by atoms with van der Waals surface area (Å²) in [5, 5.41) is 0. The number of hydrogen-bond donors (Lipinski definition) is 1. The molecule has 1 fully saturated rings. The van der Waals surface area contributed by atoms with Gasteiger partial charge in [0.25, 0.3) is 5.56 Å². The molecule has 5 heteroatoms. The first kappa shape index (κ1) is 17.0. The summed E-state index contributed by atoms with van der Waals surface area (Å²) in [6.07, 6.45) is 6.91. The molecule has 1 N–H and O–H groups in total. The molecule has 4 rings (SSSR count). The average molecular weight is 402 g/mol. The minimum Gasteiger partial charge on any atom is -0.310 e. The van der Waals surface area contributed by atoms with Crippen LogP contribution in [0.15, 0.2) is 33.5 Å². The Hall–Kier alpha value is -1.46. The van der Waals surface area contributed by atoms with Crippen molar-refractivity contribution in [2.24, 2.45) is 0 Å². The van der Waals surface area contributed by atoms with Crippen molar-refractivity contribution in [2.45, 2.75) is 57.5 Å². The Morgan fingerprint density at radius 3 is 2.88 bits per heavy atom. The third-order valence-electron chi connectivity index (χ3n) is 5.46. The molecule has 0 bridgehead atoms. The Labute approximate surface area is 156 Å². The van der Waals surface area contributed by atoms with Gasteiger partial charge in [-0.1, -0.05) is 47.3 Å². The highest BCUT2D eigenvalue weighted by molar-refractivity contribution is 9.10. The van der Waals surface area contributed by atoms with Crippen molar-refractivity contribution in [3.8, 4) is 0 Å². The number of fused-ring (bicyclic) bond motifs is 1. The van der Waals surface area contributed by atoms with Crippen molar-refractivity contribution >= 4 is 15.9 Å². The molecule has 0 atom stereocenters. The predicted octanol–water partition coefficient (Wildman–Crippen LogP) is 4.14. The minimum atomic E-state index is 0.0904. The van der Waals surface area contributed by atoms with Crippen LogP contribution in [-0.2, 0) is 19.5 Å². The van der Waals surface area contributed by atoms with Gasteiger partial charge in [-0.05, 0) is 37.0 Å². The first-order chi connectivity index (χ1) is 12.2. The number of halogens is 1. The van der Waals surface area contributed by atoms with Gasteiger partial charge in [0, 0.05) is 35.6 Å². The van der Waals surface area contributed by atoms with Gasteiger partial charge in [-0.25, -0.2) is 4.98 Å². The number of nitrogens with one attached hydrogen (secondary N) is 1. The fraction of sp³-hybridized carbons (Fsp3) is 0.500. The van der Waals surface area contributed by atoms with Crippen molar-refractivity contribution in [1.29, 1.82) is 0 Å². The smallest absolute Gasteiger partial charge is 0.254 e. The van der Waals surface area contributed by atoms with Gasteiger partial charge in [0.2, 0.25) is 0 Å². The third-order valence-corrected chi connectivity index (χ3v) is 5.95. The zero-order valence-corrected chi connectivity index (χ0v) is 16.0. The number of nitrogens with zero attached hydrogens (tertiary/aromatic N) is 2. The predicted molar refractivity (Wildman–Crippen MR) is 103 cm³/mol. The van der Waals surface area contributed by atoms with Crippen LogP contribution in [0.2, 0.25) is 0 Å². The normalized spacial score (nSPS) is 18.9. The first-order valence-electron chi connectivity index (χ1n) is 9.28. The van der Waals surface area contributed by atoms with Crippen LogP contribution in [0.4, 0.5) is 0 Å². The number of aromatic amines is 1. The molecule has 25 heavy (non-hydrogen) atoms. The number of benzene rings is 1. The summed E-state index contributed by atoms with van der Waals surface area (Å²) >= 11 is 3.54. The molecule has 1 aliphatic carbocycles. The topological polar surface area (TPSA) is 49.0 Å². The maximum Gasteiger partial charge on any atom is 0.254 e. The van der Waals surface area contributed by atoms with Crippen molar-refractivity contribution in [3.63, 3.8) is 0 Å². The first-order valence-corrected chi connectivity index (χ1v) is 10.1. The van der Waals surface area contributed by atoms with Crippen LogP contribution in [0.3, 0.4) is 0 Å². The molecule has 1 aliphatic heterocycles. The molecule has 2 aromatic rings. The average Bonchev–Trinajstić information content (AvgIpc) is 2.62. The van der Waals surface area contributed by atoms with E-state index in [2.05, 4.69) is 44.0 Å². The second kappa shape index (κ2) is 7.42. The minimum absolute atomic E-state index is 0.0904. The summed E-state index contributed by atoms with van der Waals surface area (Å²) in [7, 11) is 0. The highest BCUT2D eigenvalue weighted by Gasteiger charge is 2.24. The van der Waals surface area contributed by atoms with E-state index in [4.69, 9.17) is 4.98 Å². The number of rotatable bonds is 3. The summed E-state index contributed by atoms with van der Waals surface area (Å²) in [5.74, 6) is 1.36. The van der Waals surface area contributed by atoms with E-state index < -0.39 is 0 Å².